The summed E-state index contributed by atoms with van der Waals surface area (Å²) in [5.74, 6) is 0.932. The molecule has 0 spiro atoms. The van der Waals surface area contributed by atoms with Crippen LogP contribution in [0.15, 0.2) is 47.5 Å². The molecule has 28 heavy (non-hydrogen) atoms. The number of carbonyl (C=O) groups is 1. The Labute approximate surface area is 166 Å². The smallest absolute Gasteiger partial charge is 0.307 e. The molecule has 0 amide bonds. The summed E-state index contributed by atoms with van der Waals surface area (Å²) in [6.45, 7) is 0. The molecular formula is C21H18N2O4S. The van der Waals surface area contributed by atoms with Crippen LogP contribution in [0.1, 0.15) is 16.7 Å². The van der Waals surface area contributed by atoms with Crippen LogP contribution in [-0.2, 0) is 17.0 Å². The predicted octanol–water partition coefficient (Wildman–Crippen LogP) is 4.04. The first-order valence-electron chi connectivity index (χ1n) is 8.43. The number of nitriles is 1. The maximum atomic E-state index is 10.8. The first-order chi connectivity index (χ1) is 13.5. The van der Waals surface area contributed by atoms with E-state index in [-0.39, 0.29) is 6.42 Å². The van der Waals surface area contributed by atoms with Gasteiger partial charge in [-0.3, -0.25) is 4.79 Å². The van der Waals surface area contributed by atoms with Gasteiger partial charge in [-0.1, -0.05) is 24.3 Å². The molecule has 3 aromatic rings. The number of aromatic nitrogens is 1. The van der Waals surface area contributed by atoms with Crippen LogP contribution in [0, 0.1) is 11.3 Å². The maximum absolute atomic E-state index is 10.8. The molecule has 0 saturated heterocycles. The maximum Gasteiger partial charge on any atom is 0.307 e. The molecule has 0 radical (unpaired) electrons. The van der Waals surface area contributed by atoms with Crippen molar-refractivity contribution < 1.29 is 19.4 Å². The van der Waals surface area contributed by atoms with E-state index in [1.807, 2.05) is 12.1 Å². The van der Waals surface area contributed by atoms with E-state index in [0.29, 0.717) is 27.8 Å². The topological polar surface area (TPSA) is 92.4 Å². The molecule has 1 heterocycles. The van der Waals surface area contributed by atoms with Crippen LogP contribution < -0.4 is 9.47 Å². The van der Waals surface area contributed by atoms with Gasteiger partial charge in [0.25, 0.3) is 0 Å². The fourth-order valence-corrected chi connectivity index (χ4v) is 3.67. The lowest BCUT2D eigenvalue weighted by molar-refractivity contribution is -0.136. The van der Waals surface area contributed by atoms with Gasteiger partial charge >= 0.3 is 5.97 Å². The lowest BCUT2D eigenvalue weighted by Crippen LogP contribution is -1.99. The minimum Gasteiger partial charge on any atom is -0.493 e. The predicted molar refractivity (Wildman–Crippen MR) is 107 cm³/mol. The number of thioether (sulfide) groups is 1. The number of hydrogen-bond donors (Lipinski definition) is 1. The summed E-state index contributed by atoms with van der Waals surface area (Å²) in [5.41, 5.74) is 2.99. The summed E-state index contributed by atoms with van der Waals surface area (Å²) >= 11 is 1.46. The van der Waals surface area contributed by atoms with Gasteiger partial charge in [0.2, 0.25) is 0 Å². The summed E-state index contributed by atoms with van der Waals surface area (Å²) < 4.78 is 10.6. The van der Waals surface area contributed by atoms with E-state index in [2.05, 4.69) is 11.1 Å². The van der Waals surface area contributed by atoms with Crippen molar-refractivity contribution in [2.75, 3.05) is 14.2 Å². The van der Waals surface area contributed by atoms with Gasteiger partial charge in [-0.15, -0.1) is 11.8 Å². The number of hydrogen-bond acceptors (Lipinski definition) is 6. The second kappa shape index (κ2) is 8.63. The summed E-state index contributed by atoms with van der Waals surface area (Å²) in [6, 6.07) is 15.0. The van der Waals surface area contributed by atoms with Crippen LogP contribution in [0.25, 0.3) is 10.9 Å². The molecule has 0 unspecified atom stereocenters. The molecule has 0 aliphatic rings. The average molecular weight is 394 g/mol. The first kappa shape index (κ1) is 19.5. The zero-order valence-corrected chi connectivity index (χ0v) is 16.2. The highest BCUT2D eigenvalue weighted by Gasteiger charge is 2.12. The van der Waals surface area contributed by atoms with Gasteiger partial charge < -0.3 is 14.6 Å². The molecule has 1 aromatic heterocycles. The van der Waals surface area contributed by atoms with Crippen molar-refractivity contribution in [2.45, 2.75) is 17.2 Å². The molecule has 0 fully saturated rings. The normalized spacial score (nSPS) is 10.5. The third kappa shape index (κ3) is 4.35. The van der Waals surface area contributed by atoms with Crippen molar-refractivity contribution in [1.82, 2.24) is 4.98 Å². The van der Waals surface area contributed by atoms with E-state index in [0.717, 1.165) is 22.0 Å². The van der Waals surface area contributed by atoms with Crippen molar-refractivity contribution in [1.29, 1.82) is 5.26 Å². The molecule has 0 saturated carbocycles. The summed E-state index contributed by atoms with van der Waals surface area (Å²) in [6.07, 6.45) is 0.00350. The standard InChI is InChI=1S/C21H18N2O4S/c1-26-18-9-15-8-16(11-22)21(23-17(15)10-19(18)27-2)28-12-14-5-3-13(4-6-14)7-20(24)25/h3-6,8-10H,7,12H2,1-2H3,(H,24,25). The highest BCUT2D eigenvalue weighted by molar-refractivity contribution is 7.98. The highest BCUT2D eigenvalue weighted by Crippen LogP contribution is 2.34. The lowest BCUT2D eigenvalue weighted by Gasteiger charge is -2.11. The zero-order chi connectivity index (χ0) is 20.1. The molecule has 1 N–H and O–H groups in total. The number of benzene rings is 2. The minimum atomic E-state index is -0.854. The van der Waals surface area contributed by atoms with Crippen molar-refractivity contribution in [3.8, 4) is 17.6 Å². The number of ether oxygens (including phenoxy) is 2. The number of aliphatic carboxylic acids is 1. The van der Waals surface area contributed by atoms with Crippen molar-refractivity contribution in [2.24, 2.45) is 0 Å². The molecule has 0 aliphatic carbocycles. The van der Waals surface area contributed by atoms with Crippen LogP contribution >= 0.6 is 11.8 Å². The highest BCUT2D eigenvalue weighted by atomic mass is 32.2. The van der Waals surface area contributed by atoms with Crippen LogP contribution in [0.5, 0.6) is 11.5 Å². The number of methoxy groups -OCH3 is 2. The third-order valence-corrected chi connectivity index (χ3v) is 5.22. The Morgan fingerprint density at radius 1 is 1.11 bits per heavy atom. The van der Waals surface area contributed by atoms with E-state index in [1.165, 1.54) is 11.8 Å². The van der Waals surface area contributed by atoms with Crippen molar-refractivity contribution in [3.05, 3.63) is 59.2 Å². The molecule has 7 heteroatoms. The Balaban J connectivity index is 1.85. The summed E-state index contributed by atoms with van der Waals surface area (Å²) in [4.78, 5) is 15.4. The lowest BCUT2D eigenvalue weighted by atomic mass is 10.1. The van der Waals surface area contributed by atoms with E-state index < -0.39 is 5.97 Å². The Bertz CT molecular complexity index is 1060. The molecular weight excluding hydrogens is 376 g/mol. The van der Waals surface area contributed by atoms with Crippen LogP contribution in [0.3, 0.4) is 0 Å². The number of pyridine rings is 1. The molecule has 6 nitrogen and oxygen atoms in total. The number of rotatable bonds is 7. The number of carboxylic acids is 1. The Kier molecular flexibility index (Phi) is 6.02. The summed E-state index contributed by atoms with van der Waals surface area (Å²) in [7, 11) is 3.13. The molecule has 0 atom stereocenters. The van der Waals surface area contributed by atoms with Gasteiger partial charge in [0.15, 0.2) is 11.5 Å². The quantitative estimate of drug-likeness (QED) is 0.605. The minimum absolute atomic E-state index is 0.00350. The van der Waals surface area contributed by atoms with E-state index in [4.69, 9.17) is 14.6 Å². The average Bonchev–Trinajstić information content (AvgIpc) is 2.71. The van der Waals surface area contributed by atoms with Gasteiger partial charge in [0.1, 0.15) is 11.1 Å². The van der Waals surface area contributed by atoms with Crippen LogP contribution in [0.2, 0.25) is 0 Å². The molecule has 2 aromatic carbocycles. The zero-order valence-electron chi connectivity index (χ0n) is 15.4. The Hall–Kier alpha value is -3.24. The molecule has 0 bridgehead atoms. The van der Waals surface area contributed by atoms with Gasteiger partial charge in [0, 0.05) is 17.2 Å². The SMILES string of the molecule is COc1cc2cc(C#N)c(SCc3ccc(CC(=O)O)cc3)nc2cc1OC. The van der Waals surface area contributed by atoms with Gasteiger partial charge in [-0.25, -0.2) is 4.98 Å². The van der Waals surface area contributed by atoms with Crippen LogP contribution in [0.4, 0.5) is 0 Å². The number of nitrogens with zero attached hydrogens (tertiary/aromatic N) is 2. The van der Waals surface area contributed by atoms with Gasteiger partial charge in [0.05, 0.1) is 31.7 Å². The number of fused-ring (bicyclic) bond motifs is 1. The molecule has 142 valence electrons. The second-order valence-corrected chi connectivity index (χ2v) is 6.99. The fourth-order valence-electron chi connectivity index (χ4n) is 2.75. The van der Waals surface area contributed by atoms with Gasteiger partial charge in [-0.2, -0.15) is 5.26 Å². The molecule has 3 rings (SSSR count). The van der Waals surface area contributed by atoms with Gasteiger partial charge in [-0.05, 0) is 23.3 Å². The van der Waals surface area contributed by atoms with E-state index >= 15 is 0 Å². The third-order valence-electron chi connectivity index (χ3n) is 4.16. The first-order valence-corrected chi connectivity index (χ1v) is 9.42. The Morgan fingerprint density at radius 3 is 2.36 bits per heavy atom. The largest absolute Gasteiger partial charge is 0.493 e. The van der Waals surface area contributed by atoms with Crippen LogP contribution in [-0.4, -0.2) is 30.3 Å². The van der Waals surface area contributed by atoms with Crippen molar-refractivity contribution >= 4 is 28.6 Å². The number of carboxylic acid groups (broad SMARTS) is 1. The van der Waals surface area contributed by atoms with Crippen molar-refractivity contribution in [3.63, 3.8) is 0 Å². The van der Waals surface area contributed by atoms with E-state index in [9.17, 15) is 10.1 Å². The second-order valence-electron chi connectivity index (χ2n) is 6.03. The van der Waals surface area contributed by atoms with E-state index in [1.54, 1.807) is 44.6 Å². The summed E-state index contributed by atoms with van der Waals surface area (Å²) in [5, 5.41) is 19.8. The Morgan fingerprint density at radius 2 is 1.75 bits per heavy atom. The molecule has 0 aliphatic heterocycles. The monoisotopic (exact) mass is 394 g/mol. The fraction of sp³-hybridized carbons (Fsp3) is 0.190.